The van der Waals surface area contributed by atoms with E-state index in [1.54, 1.807) is 36.6 Å². The Morgan fingerprint density at radius 3 is 2.32 bits per heavy atom. The molecule has 1 aromatic heterocycles. The lowest BCUT2D eigenvalue weighted by atomic mass is 9.93. The summed E-state index contributed by atoms with van der Waals surface area (Å²) in [6.07, 6.45) is 1.60. The minimum Gasteiger partial charge on any atom is -0.359 e. The van der Waals surface area contributed by atoms with Crippen LogP contribution in [0.5, 0.6) is 0 Å². The highest BCUT2D eigenvalue weighted by molar-refractivity contribution is 7.84. The lowest BCUT2D eigenvalue weighted by molar-refractivity contribution is 0.262. The quantitative estimate of drug-likeness (QED) is 0.908. The fourth-order valence-corrected chi connectivity index (χ4v) is 2.22. The third kappa shape index (κ3) is 4.17. The predicted molar refractivity (Wildman–Crippen MR) is 86.6 cm³/mol. The molecule has 6 nitrogen and oxygen atoms in total. The zero-order valence-corrected chi connectivity index (χ0v) is 13.8. The van der Waals surface area contributed by atoms with Crippen LogP contribution in [0.15, 0.2) is 39.8 Å². The van der Waals surface area contributed by atoms with Gasteiger partial charge < -0.3 is 9.84 Å². The molecule has 0 aliphatic carbocycles. The minimum absolute atomic E-state index is 0.172. The number of benzene rings is 1. The zero-order chi connectivity index (χ0) is 16.3. The van der Waals surface area contributed by atoms with Crippen LogP contribution in [0.2, 0.25) is 0 Å². The summed E-state index contributed by atoms with van der Waals surface area (Å²) in [6.45, 7) is 5.99. The SMILES string of the molecule is CS(=O)c1ccc(NC(=O)Nc2cc(C(C)(C)C)on2)cc1. The summed E-state index contributed by atoms with van der Waals surface area (Å²) in [5.41, 5.74) is 0.431. The van der Waals surface area contributed by atoms with E-state index in [0.717, 1.165) is 0 Å². The second-order valence-electron chi connectivity index (χ2n) is 5.88. The Labute approximate surface area is 131 Å². The van der Waals surface area contributed by atoms with Gasteiger partial charge in [-0.05, 0) is 24.3 Å². The van der Waals surface area contributed by atoms with E-state index >= 15 is 0 Å². The topological polar surface area (TPSA) is 84.2 Å². The average molecular weight is 321 g/mol. The van der Waals surface area contributed by atoms with Crippen molar-refractivity contribution >= 4 is 28.3 Å². The molecule has 0 saturated heterocycles. The average Bonchev–Trinajstić information content (AvgIpc) is 2.87. The first-order valence-electron chi connectivity index (χ1n) is 6.74. The van der Waals surface area contributed by atoms with Gasteiger partial charge in [-0.2, -0.15) is 0 Å². The first kappa shape index (κ1) is 16.2. The molecule has 0 spiro atoms. The maximum Gasteiger partial charge on any atom is 0.324 e. The van der Waals surface area contributed by atoms with Crippen molar-refractivity contribution in [3.63, 3.8) is 0 Å². The fraction of sp³-hybridized carbons (Fsp3) is 0.333. The second-order valence-corrected chi connectivity index (χ2v) is 7.26. The van der Waals surface area contributed by atoms with Gasteiger partial charge in [0.25, 0.3) is 0 Å². The van der Waals surface area contributed by atoms with Crippen molar-refractivity contribution in [1.82, 2.24) is 5.16 Å². The Morgan fingerprint density at radius 1 is 1.18 bits per heavy atom. The maximum absolute atomic E-state index is 11.9. The molecule has 1 aromatic carbocycles. The van der Waals surface area contributed by atoms with Crippen LogP contribution in [0.3, 0.4) is 0 Å². The first-order valence-corrected chi connectivity index (χ1v) is 8.30. The highest BCUT2D eigenvalue weighted by Gasteiger charge is 2.20. The smallest absolute Gasteiger partial charge is 0.324 e. The number of aromatic nitrogens is 1. The number of rotatable bonds is 3. The van der Waals surface area contributed by atoms with E-state index in [0.29, 0.717) is 22.2 Å². The molecule has 0 saturated carbocycles. The van der Waals surface area contributed by atoms with E-state index in [1.807, 2.05) is 20.8 Å². The highest BCUT2D eigenvalue weighted by atomic mass is 32.2. The number of nitrogens with zero attached hydrogens (tertiary/aromatic N) is 1. The van der Waals surface area contributed by atoms with Crippen LogP contribution in [-0.2, 0) is 16.2 Å². The Balaban J connectivity index is 1.98. The molecule has 0 bridgehead atoms. The molecule has 2 N–H and O–H groups in total. The largest absolute Gasteiger partial charge is 0.359 e. The van der Waals surface area contributed by atoms with E-state index in [4.69, 9.17) is 4.52 Å². The normalized spacial score (nSPS) is 12.7. The molecule has 2 rings (SSSR count). The van der Waals surface area contributed by atoms with Crippen molar-refractivity contribution in [1.29, 1.82) is 0 Å². The van der Waals surface area contributed by atoms with E-state index in [9.17, 15) is 9.00 Å². The first-order chi connectivity index (χ1) is 10.3. The van der Waals surface area contributed by atoms with Gasteiger partial charge in [0.1, 0.15) is 5.76 Å². The Kier molecular flexibility index (Phi) is 4.65. The van der Waals surface area contributed by atoms with E-state index in [-0.39, 0.29) is 5.41 Å². The molecular formula is C15H19N3O3S. The second kappa shape index (κ2) is 6.31. The summed E-state index contributed by atoms with van der Waals surface area (Å²) in [6, 6.07) is 8.08. The third-order valence-electron chi connectivity index (χ3n) is 2.94. The molecule has 22 heavy (non-hydrogen) atoms. The van der Waals surface area contributed by atoms with Gasteiger partial charge in [0, 0.05) is 39.1 Å². The number of carbonyl (C=O) groups excluding carboxylic acids is 1. The molecular weight excluding hydrogens is 302 g/mol. The van der Waals surface area contributed by atoms with Gasteiger partial charge in [-0.15, -0.1) is 0 Å². The van der Waals surface area contributed by atoms with Gasteiger partial charge in [0.2, 0.25) is 0 Å². The standard InChI is InChI=1S/C15H19N3O3S/c1-15(2,3)12-9-13(18-21-12)17-14(19)16-10-5-7-11(8-6-10)22(4)20/h5-9H,1-4H3,(H2,16,17,18,19). The van der Waals surface area contributed by atoms with Gasteiger partial charge >= 0.3 is 6.03 Å². The van der Waals surface area contributed by atoms with Crippen molar-refractivity contribution in [3.05, 3.63) is 36.1 Å². The van der Waals surface area contributed by atoms with Gasteiger partial charge in [0.05, 0.1) is 0 Å². The summed E-state index contributed by atoms with van der Waals surface area (Å²) >= 11 is 0. The molecule has 0 aliphatic rings. The fourth-order valence-electron chi connectivity index (χ4n) is 1.70. The minimum atomic E-state index is -1.04. The summed E-state index contributed by atoms with van der Waals surface area (Å²) in [4.78, 5) is 12.6. The number of nitrogens with one attached hydrogen (secondary N) is 2. The number of hydrogen-bond donors (Lipinski definition) is 2. The van der Waals surface area contributed by atoms with E-state index in [2.05, 4.69) is 15.8 Å². The van der Waals surface area contributed by atoms with Crippen molar-refractivity contribution < 1.29 is 13.5 Å². The van der Waals surface area contributed by atoms with Crippen molar-refractivity contribution in [2.24, 2.45) is 0 Å². The maximum atomic E-state index is 11.9. The number of amides is 2. The van der Waals surface area contributed by atoms with Gasteiger partial charge in [0.15, 0.2) is 5.82 Å². The van der Waals surface area contributed by atoms with Crippen molar-refractivity contribution in [3.8, 4) is 0 Å². The lowest BCUT2D eigenvalue weighted by Gasteiger charge is -2.12. The Bertz CT molecular complexity index is 687. The van der Waals surface area contributed by atoms with E-state index < -0.39 is 16.8 Å². The van der Waals surface area contributed by atoms with Gasteiger partial charge in [-0.1, -0.05) is 25.9 Å². The number of anilines is 2. The molecule has 1 heterocycles. The number of carbonyl (C=O) groups is 1. The molecule has 2 amide bonds. The van der Waals surface area contributed by atoms with E-state index in [1.165, 1.54) is 0 Å². The summed E-state index contributed by atoms with van der Waals surface area (Å²) < 4.78 is 16.5. The highest BCUT2D eigenvalue weighted by Crippen LogP contribution is 2.24. The Morgan fingerprint density at radius 2 is 1.82 bits per heavy atom. The molecule has 0 radical (unpaired) electrons. The summed E-state index contributed by atoms with van der Waals surface area (Å²) in [7, 11) is -1.04. The molecule has 7 heteroatoms. The summed E-state index contributed by atoms with van der Waals surface area (Å²) in [5, 5.41) is 9.09. The van der Waals surface area contributed by atoms with Crippen LogP contribution in [0.1, 0.15) is 26.5 Å². The third-order valence-corrected chi connectivity index (χ3v) is 3.87. The molecule has 1 unspecified atom stereocenters. The lowest BCUT2D eigenvalue weighted by Crippen LogP contribution is -2.19. The number of urea groups is 1. The van der Waals surface area contributed by atoms with Crippen LogP contribution in [0.25, 0.3) is 0 Å². The zero-order valence-electron chi connectivity index (χ0n) is 13.0. The Hall–Kier alpha value is -2.15. The van der Waals surface area contributed by atoms with Gasteiger partial charge in [-0.25, -0.2) is 4.79 Å². The predicted octanol–water partition coefficient (Wildman–Crippen LogP) is 3.35. The van der Waals surface area contributed by atoms with Crippen LogP contribution in [0.4, 0.5) is 16.3 Å². The molecule has 118 valence electrons. The van der Waals surface area contributed by atoms with Crippen LogP contribution >= 0.6 is 0 Å². The molecule has 0 fully saturated rings. The monoisotopic (exact) mass is 321 g/mol. The van der Waals surface area contributed by atoms with Crippen LogP contribution in [0, 0.1) is 0 Å². The van der Waals surface area contributed by atoms with Crippen molar-refractivity contribution in [2.45, 2.75) is 31.1 Å². The van der Waals surface area contributed by atoms with Crippen molar-refractivity contribution in [2.75, 3.05) is 16.9 Å². The number of hydrogen-bond acceptors (Lipinski definition) is 4. The molecule has 1 atom stereocenters. The molecule has 0 aliphatic heterocycles. The molecule has 2 aromatic rings. The van der Waals surface area contributed by atoms with Gasteiger partial charge in [-0.3, -0.25) is 9.53 Å². The van der Waals surface area contributed by atoms with Crippen LogP contribution < -0.4 is 10.6 Å². The van der Waals surface area contributed by atoms with Crippen LogP contribution in [-0.4, -0.2) is 21.7 Å². The summed E-state index contributed by atoms with van der Waals surface area (Å²) in [5.74, 6) is 1.05.